The quantitative estimate of drug-likeness (QED) is 0.920. The van der Waals surface area contributed by atoms with Gasteiger partial charge in [-0.1, -0.05) is 28.1 Å². The van der Waals surface area contributed by atoms with Gasteiger partial charge in [0.15, 0.2) is 0 Å². The Morgan fingerprint density at radius 3 is 2.78 bits per heavy atom. The van der Waals surface area contributed by atoms with Crippen molar-refractivity contribution in [1.29, 1.82) is 0 Å². The monoisotopic (exact) mass is 305 g/mol. The summed E-state index contributed by atoms with van der Waals surface area (Å²) in [7, 11) is 0. The minimum atomic E-state index is 0.725. The Hall–Kier alpha value is -1.13. The lowest BCUT2D eigenvalue weighted by atomic mass is 10.2. The van der Waals surface area contributed by atoms with Crippen molar-refractivity contribution in [2.75, 3.05) is 0 Å². The van der Waals surface area contributed by atoms with Crippen LogP contribution in [0.2, 0.25) is 0 Å². The van der Waals surface area contributed by atoms with E-state index in [9.17, 15) is 0 Å². The third-order valence-electron chi connectivity index (χ3n) is 3.19. The highest BCUT2D eigenvalue weighted by atomic mass is 79.9. The molecule has 0 spiro atoms. The molecule has 1 heterocycles. The molecule has 1 N–H and O–H groups in total. The number of nitrogens with one attached hydrogen (secondary N) is 1. The number of aromatic nitrogens is 2. The molecule has 1 aromatic heterocycles. The molecule has 4 heteroatoms. The van der Waals surface area contributed by atoms with Crippen molar-refractivity contribution in [3.8, 4) is 0 Å². The van der Waals surface area contributed by atoms with Crippen LogP contribution in [-0.2, 0) is 13.1 Å². The Balaban J connectivity index is 1.67. The van der Waals surface area contributed by atoms with Gasteiger partial charge in [-0.25, -0.2) is 4.98 Å². The van der Waals surface area contributed by atoms with Crippen molar-refractivity contribution in [3.05, 3.63) is 52.5 Å². The summed E-state index contributed by atoms with van der Waals surface area (Å²) in [5, 5.41) is 3.50. The van der Waals surface area contributed by atoms with Gasteiger partial charge in [0.1, 0.15) is 5.82 Å². The molecule has 1 saturated carbocycles. The number of hydrogen-bond donors (Lipinski definition) is 1. The fraction of sp³-hybridized carbons (Fsp3) is 0.357. The molecule has 1 aliphatic carbocycles. The molecule has 0 unspecified atom stereocenters. The minimum absolute atomic E-state index is 0.725. The van der Waals surface area contributed by atoms with Gasteiger partial charge in [0.05, 0.1) is 6.54 Å². The maximum Gasteiger partial charge on any atom is 0.122 e. The van der Waals surface area contributed by atoms with Crippen molar-refractivity contribution in [3.63, 3.8) is 0 Å². The SMILES string of the molecule is Brc1ccc(Cn2ccnc2CNC2CC2)cc1. The Bertz CT molecular complexity index is 514. The van der Waals surface area contributed by atoms with Crippen LogP contribution in [-0.4, -0.2) is 15.6 Å². The van der Waals surface area contributed by atoms with E-state index < -0.39 is 0 Å². The molecular weight excluding hydrogens is 290 g/mol. The molecule has 1 aliphatic rings. The third-order valence-corrected chi connectivity index (χ3v) is 3.72. The predicted molar refractivity (Wildman–Crippen MR) is 75.3 cm³/mol. The second-order valence-electron chi connectivity index (χ2n) is 4.75. The van der Waals surface area contributed by atoms with Crippen LogP contribution in [0.5, 0.6) is 0 Å². The summed E-state index contributed by atoms with van der Waals surface area (Å²) in [6.45, 7) is 1.75. The minimum Gasteiger partial charge on any atom is -0.329 e. The molecule has 3 nitrogen and oxygen atoms in total. The molecule has 2 aromatic rings. The van der Waals surface area contributed by atoms with Gasteiger partial charge < -0.3 is 9.88 Å². The highest BCUT2D eigenvalue weighted by Crippen LogP contribution is 2.19. The highest BCUT2D eigenvalue weighted by molar-refractivity contribution is 9.10. The molecule has 0 atom stereocenters. The Labute approximate surface area is 115 Å². The lowest BCUT2D eigenvalue weighted by molar-refractivity contribution is 0.618. The Morgan fingerprint density at radius 2 is 2.06 bits per heavy atom. The lowest BCUT2D eigenvalue weighted by Gasteiger charge is -2.08. The summed E-state index contributed by atoms with van der Waals surface area (Å²) < 4.78 is 3.33. The van der Waals surface area contributed by atoms with E-state index in [-0.39, 0.29) is 0 Å². The Morgan fingerprint density at radius 1 is 1.28 bits per heavy atom. The average Bonchev–Trinajstić information content (AvgIpc) is 3.11. The maximum absolute atomic E-state index is 4.42. The summed E-state index contributed by atoms with van der Waals surface area (Å²) in [6.07, 6.45) is 6.55. The lowest BCUT2D eigenvalue weighted by Crippen LogP contribution is -2.19. The molecule has 0 aliphatic heterocycles. The van der Waals surface area contributed by atoms with Crippen molar-refractivity contribution < 1.29 is 0 Å². The first-order valence-corrected chi connectivity index (χ1v) is 7.08. The van der Waals surface area contributed by atoms with Crippen LogP contribution in [0.4, 0.5) is 0 Å². The zero-order valence-electron chi connectivity index (χ0n) is 10.1. The summed E-state index contributed by atoms with van der Waals surface area (Å²) in [4.78, 5) is 4.42. The zero-order chi connectivity index (χ0) is 12.4. The van der Waals surface area contributed by atoms with Gasteiger partial charge in [0.2, 0.25) is 0 Å². The Kier molecular flexibility index (Phi) is 3.48. The van der Waals surface area contributed by atoms with Gasteiger partial charge in [-0.15, -0.1) is 0 Å². The number of hydrogen-bond acceptors (Lipinski definition) is 2. The number of benzene rings is 1. The van der Waals surface area contributed by atoms with E-state index in [0.29, 0.717) is 0 Å². The van der Waals surface area contributed by atoms with Gasteiger partial charge in [-0.2, -0.15) is 0 Å². The average molecular weight is 306 g/mol. The second kappa shape index (κ2) is 5.24. The van der Waals surface area contributed by atoms with Crippen molar-refractivity contribution >= 4 is 15.9 Å². The fourth-order valence-electron chi connectivity index (χ4n) is 1.96. The molecule has 0 bridgehead atoms. The van der Waals surface area contributed by atoms with Crippen LogP contribution in [0.1, 0.15) is 24.2 Å². The topological polar surface area (TPSA) is 29.9 Å². The summed E-state index contributed by atoms with van der Waals surface area (Å²) in [6, 6.07) is 9.16. The molecular formula is C14H16BrN3. The molecule has 0 radical (unpaired) electrons. The molecule has 0 amide bonds. The van der Waals surface area contributed by atoms with Crippen LogP contribution < -0.4 is 5.32 Å². The molecule has 1 aromatic carbocycles. The largest absolute Gasteiger partial charge is 0.329 e. The predicted octanol–water partition coefficient (Wildman–Crippen LogP) is 2.95. The standard InChI is InChI=1S/C14H16BrN3/c15-12-3-1-11(2-4-12)10-18-8-7-16-14(18)9-17-13-5-6-13/h1-4,7-8,13,17H,5-6,9-10H2. The number of halogens is 1. The van der Waals surface area contributed by atoms with Crippen molar-refractivity contribution in [1.82, 2.24) is 14.9 Å². The van der Waals surface area contributed by atoms with E-state index in [4.69, 9.17) is 0 Å². The number of imidazole rings is 1. The van der Waals surface area contributed by atoms with Crippen molar-refractivity contribution in [2.45, 2.75) is 32.0 Å². The molecule has 1 fully saturated rings. The third kappa shape index (κ3) is 3.00. The van der Waals surface area contributed by atoms with Gasteiger partial charge in [0, 0.05) is 29.5 Å². The van der Waals surface area contributed by atoms with Crippen LogP contribution in [0, 0.1) is 0 Å². The first-order chi connectivity index (χ1) is 8.81. The number of nitrogens with zero attached hydrogens (tertiary/aromatic N) is 2. The van der Waals surface area contributed by atoms with Gasteiger partial charge >= 0.3 is 0 Å². The van der Waals surface area contributed by atoms with E-state index in [2.05, 4.69) is 55.1 Å². The first-order valence-electron chi connectivity index (χ1n) is 6.29. The van der Waals surface area contributed by atoms with Crippen LogP contribution in [0.25, 0.3) is 0 Å². The van der Waals surface area contributed by atoms with Crippen LogP contribution in [0.15, 0.2) is 41.1 Å². The van der Waals surface area contributed by atoms with E-state index in [1.54, 1.807) is 0 Å². The van der Waals surface area contributed by atoms with Gasteiger partial charge in [-0.3, -0.25) is 0 Å². The van der Waals surface area contributed by atoms with E-state index in [0.717, 1.165) is 29.4 Å². The van der Waals surface area contributed by atoms with E-state index in [1.807, 2.05) is 12.4 Å². The molecule has 94 valence electrons. The van der Waals surface area contributed by atoms with E-state index in [1.165, 1.54) is 18.4 Å². The summed E-state index contributed by atoms with van der Waals surface area (Å²) >= 11 is 3.46. The van der Waals surface area contributed by atoms with E-state index >= 15 is 0 Å². The molecule has 0 saturated heterocycles. The maximum atomic E-state index is 4.42. The van der Waals surface area contributed by atoms with Crippen LogP contribution >= 0.6 is 15.9 Å². The second-order valence-corrected chi connectivity index (χ2v) is 5.67. The summed E-state index contributed by atoms with van der Waals surface area (Å²) in [5.41, 5.74) is 1.30. The first kappa shape index (κ1) is 11.9. The normalized spacial score (nSPS) is 14.9. The molecule has 3 rings (SSSR count). The van der Waals surface area contributed by atoms with Gasteiger partial charge in [-0.05, 0) is 30.5 Å². The molecule has 18 heavy (non-hydrogen) atoms. The van der Waals surface area contributed by atoms with Crippen LogP contribution in [0.3, 0.4) is 0 Å². The zero-order valence-corrected chi connectivity index (χ0v) is 11.7. The number of rotatable bonds is 5. The van der Waals surface area contributed by atoms with Crippen molar-refractivity contribution in [2.24, 2.45) is 0 Å². The summed E-state index contributed by atoms with van der Waals surface area (Å²) in [5.74, 6) is 1.12. The smallest absolute Gasteiger partial charge is 0.122 e. The highest BCUT2D eigenvalue weighted by Gasteiger charge is 2.20. The van der Waals surface area contributed by atoms with Gasteiger partial charge in [0.25, 0.3) is 0 Å². The fourth-order valence-corrected chi connectivity index (χ4v) is 2.23.